The smallest absolute Gasteiger partial charge is 0.329 e. The average Bonchev–Trinajstić information content (AvgIpc) is 2.37. The number of carboxylic acids is 1. The van der Waals surface area contributed by atoms with Crippen LogP contribution in [-0.4, -0.2) is 91.2 Å². The van der Waals surface area contributed by atoms with Crippen molar-refractivity contribution >= 4 is 17.9 Å². The second-order valence-corrected chi connectivity index (χ2v) is 4.43. The molecule has 108 valence electrons. The molecule has 1 fully saturated rings. The molecule has 0 saturated carbocycles. The summed E-state index contributed by atoms with van der Waals surface area (Å²) in [6.07, 6.45) is 0. The highest BCUT2D eigenvalue weighted by Gasteiger charge is 2.24. The van der Waals surface area contributed by atoms with E-state index < -0.39 is 12.6 Å². The van der Waals surface area contributed by atoms with Crippen LogP contribution in [0.5, 0.6) is 0 Å². The first-order chi connectivity index (χ1) is 8.91. The van der Waals surface area contributed by atoms with Crippen LogP contribution in [0.15, 0.2) is 0 Å². The van der Waals surface area contributed by atoms with Crippen molar-refractivity contribution in [1.29, 1.82) is 0 Å². The van der Waals surface area contributed by atoms with Gasteiger partial charge in [-0.2, -0.15) is 0 Å². The first-order valence-corrected chi connectivity index (χ1v) is 5.95. The van der Waals surface area contributed by atoms with E-state index in [0.29, 0.717) is 26.2 Å². The summed E-state index contributed by atoms with van der Waals surface area (Å²) in [4.78, 5) is 38.3. The van der Waals surface area contributed by atoms with Crippen molar-refractivity contribution in [1.82, 2.24) is 14.7 Å². The molecule has 0 bridgehead atoms. The third kappa shape index (κ3) is 4.74. The van der Waals surface area contributed by atoms with E-state index in [2.05, 4.69) is 0 Å². The van der Waals surface area contributed by atoms with E-state index in [-0.39, 0.29) is 18.5 Å². The fourth-order valence-corrected chi connectivity index (χ4v) is 1.75. The van der Waals surface area contributed by atoms with E-state index in [4.69, 9.17) is 9.84 Å². The van der Waals surface area contributed by atoms with Gasteiger partial charge >= 0.3 is 12.0 Å². The molecule has 8 heteroatoms. The predicted octanol–water partition coefficient (Wildman–Crippen LogP) is -1.09. The van der Waals surface area contributed by atoms with Gasteiger partial charge in [0.1, 0.15) is 13.2 Å². The van der Waals surface area contributed by atoms with Crippen molar-refractivity contribution in [3.05, 3.63) is 0 Å². The number of rotatable bonds is 4. The van der Waals surface area contributed by atoms with Gasteiger partial charge in [-0.25, -0.2) is 9.59 Å². The van der Waals surface area contributed by atoms with Gasteiger partial charge < -0.3 is 24.5 Å². The van der Waals surface area contributed by atoms with Crippen molar-refractivity contribution in [3.63, 3.8) is 0 Å². The Morgan fingerprint density at radius 1 is 1.05 bits per heavy atom. The number of carbonyl (C=O) groups is 3. The van der Waals surface area contributed by atoms with Crippen molar-refractivity contribution < 1.29 is 24.2 Å². The van der Waals surface area contributed by atoms with Crippen LogP contribution in [0.1, 0.15) is 0 Å². The Hall–Kier alpha value is -1.83. The summed E-state index contributed by atoms with van der Waals surface area (Å²) < 4.78 is 4.74. The lowest BCUT2D eigenvalue weighted by Crippen LogP contribution is -2.53. The average molecular weight is 273 g/mol. The predicted molar refractivity (Wildman–Crippen MR) is 65.7 cm³/mol. The molecule has 0 spiro atoms. The van der Waals surface area contributed by atoms with Crippen LogP contribution < -0.4 is 0 Å². The second-order valence-electron chi connectivity index (χ2n) is 4.43. The van der Waals surface area contributed by atoms with Crippen molar-refractivity contribution in [2.75, 3.05) is 53.5 Å². The van der Waals surface area contributed by atoms with Crippen LogP contribution in [0.2, 0.25) is 0 Å². The number of urea groups is 1. The summed E-state index contributed by atoms with van der Waals surface area (Å²) >= 11 is 0. The number of piperazine rings is 1. The molecule has 0 aromatic rings. The standard InChI is InChI=1S/C11H19N3O5/c1-12(2)11(18)14-5-3-13(4-6-14)9(15)7-19-8-10(16)17/h3-8H2,1-2H3,(H,16,17). The molecule has 1 aliphatic rings. The van der Waals surface area contributed by atoms with Crippen molar-refractivity contribution in [2.45, 2.75) is 0 Å². The van der Waals surface area contributed by atoms with Gasteiger partial charge in [0.25, 0.3) is 0 Å². The summed E-state index contributed by atoms with van der Waals surface area (Å²) in [6, 6.07) is -0.0748. The molecule has 0 atom stereocenters. The third-order valence-electron chi connectivity index (χ3n) is 2.74. The van der Waals surface area contributed by atoms with Crippen molar-refractivity contribution in [2.24, 2.45) is 0 Å². The van der Waals surface area contributed by atoms with E-state index in [1.165, 1.54) is 4.90 Å². The normalized spacial score (nSPS) is 15.3. The zero-order valence-corrected chi connectivity index (χ0v) is 11.2. The Balaban J connectivity index is 2.31. The maximum Gasteiger partial charge on any atom is 0.329 e. The summed E-state index contributed by atoms with van der Waals surface area (Å²) in [7, 11) is 3.36. The minimum atomic E-state index is -1.10. The number of ether oxygens (including phenoxy) is 1. The summed E-state index contributed by atoms with van der Waals surface area (Å²) in [5.41, 5.74) is 0. The maximum atomic E-state index is 11.7. The van der Waals surface area contributed by atoms with E-state index >= 15 is 0 Å². The minimum Gasteiger partial charge on any atom is -0.480 e. The lowest BCUT2D eigenvalue weighted by atomic mass is 10.3. The lowest BCUT2D eigenvalue weighted by molar-refractivity contribution is -0.146. The van der Waals surface area contributed by atoms with Gasteiger partial charge in [0.2, 0.25) is 5.91 Å². The summed E-state index contributed by atoms with van der Waals surface area (Å²) in [6.45, 7) is 1.10. The Morgan fingerprint density at radius 3 is 2.05 bits per heavy atom. The van der Waals surface area contributed by atoms with Gasteiger partial charge in [0.15, 0.2) is 0 Å². The molecule has 0 aliphatic carbocycles. The summed E-state index contributed by atoms with van der Waals surface area (Å²) in [5.74, 6) is -1.35. The Kier molecular flexibility index (Phi) is 5.56. The third-order valence-corrected chi connectivity index (χ3v) is 2.74. The van der Waals surface area contributed by atoms with Crippen LogP contribution in [0.4, 0.5) is 4.79 Å². The molecular weight excluding hydrogens is 254 g/mol. The molecule has 8 nitrogen and oxygen atoms in total. The lowest BCUT2D eigenvalue weighted by Gasteiger charge is -2.35. The number of carbonyl (C=O) groups excluding carboxylic acids is 2. The molecular formula is C11H19N3O5. The van der Waals surface area contributed by atoms with Gasteiger partial charge in [0.05, 0.1) is 0 Å². The largest absolute Gasteiger partial charge is 0.480 e. The second kappa shape index (κ2) is 6.93. The molecule has 0 radical (unpaired) electrons. The van der Waals surface area contributed by atoms with E-state index in [9.17, 15) is 14.4 Å². The molecule has 1 N–H and O–H groups in total. The van der Waals surface area contributed by atoms with Crippen LogP contribution in [0, 0.1) is 0 Å². The Bertz CT molecular complexity index is 350. The van der Waals surface area contributed by atoms with Crippen molar-refractivity contribution in [3.8, 4) is 0 Å². The van der Waals surface area contributed by atoms with Gasteiger partial charge in [-0.05, 0) is 0 Å². The SMILES string of the molecule is CN(C)C(=O)N1CCN(C(=O)COCC(=O)O)CC1. The first kappa shape index (κ1) is 15.2. The monoisotopic (exact) mass is 273 g/mol. The zero-order chi connectivity index (χ0) is 14.4. The Labute approximate surface area is 111 Å². The molecule has 1 rings (SSSR count). The topological polar surface area (TPSA) is 90.4 Å². The van der Waals surface area contributed by atoms with Crippen LogP contribution >= 0.6 is 0 Å². The number of amides is 3. The van der Waals surface area contributed by atoms with Crippen LogP contribution in [0.25, 0.3) is 0 Å². The molecule has 3 amide bonds. The molecule has 1 aliphatic heterocycles. The van der Waals surface area contributed by atoms with E-state index in [1.54, 1.807) is 23.9 Å². The highest BCUT2D eigenvalue weighted by atomic mass is 16.5. The first-order valence-electron chi connectivity index (χ1n) is 5.95. The van der Waals surface area contributed by atoms with Gasteiger partial charge in [0, 0.05) is 40.3 Å². The molecule has 0 unspecified atom stereocenters. The molecule has 1 saturated heterocycles. The Morgan fingerprint density at radius 2 is 1.58 bits per heavy atom. The highest BCUT2D eigenvalue weighted by molar-refractivity contribution is 5.79. The zero-order valence-electron chi connectivity index (χ0n) is 11.2. The van der Waals surface area contributed by atoms with Gasteiger partial charge in [-0.3, -0.25) is 4.79 Å². The van der Waals surface area contributed by atoms with Gasteiger partial charge in [-0.15, -0.1) is 0 Å². The fraction of sp³-hybridized carbons (Fsp3) is 0.727. The molecule has 1 heterocycles. The molecule has 0 aromatic carbocycles. The minimum absolute atomic E-state index is 0.0748. The number of nitrogens with zero attached hydrogens (tertiary/aromatic N) is 3. The van der Waals surface area contributed by atoms with E-state index in [0.717, 1.165) is 0 Å². The number of carboxylic acid groups (broad SMARTS) is 1. The van der Waals surface area contributed by atoms with Crippen LogP contribution in [0.3, 0.4) is 0 Å². The fourth-order valence-electron chi connectivity index (χ4n) is 1.75. The summed E-state index contributed by atoms with van der Waals surface area (Å²) in [5, 5.41) is 8.39. The van der Waals surface area contributed by atoms with E-state index in [1.807, 2.05) is 0 Å². The molecule has 0 aromatic heterocycles. The molecule has 19 heavy (non-hydrogen) atoms. The number of aliphatic carboxylic acids is 1. The van der Waals surface area contributed by atoms with Gasteiger partial charge in [-0.1, -0.05) is 0 Å². The maximum absolute atomic E-state index is 11.7. The van der Waals surface area contributed by atoms with Crippen LogP contribution in [-0.2, 0) is 14.3 Å². The number of hydrogen-bond donors (Lipinski definition) is 1. The highest BCUT2D eigenvalue weighted by Crippen LogP contribution is 2.04. The number of hydrogen-bond acceptors (Lipinski definition) is 4. The quantitative estimate of drug-likeness (QED) is 0.703.